The molecule has 4 rings (SSSR count). The predicted molar refractivity (Wildman–Crippen MR) is 92.8 cm³/mol. The zero-order chi connectivity index (χ0) is 18.3. The van der Waals surface area contributed by atoms with Crippen LogP contribution in [0, 0.1) is 5.82 Å². The zero-order valence-corrected chi connectivity index (χ0v) is 14.6. The largest absolute Gasteiger partial charge is 0.482 e. The van der Waals surface area contributed by atoms with Crippen LogP contribution in [0.25, 0.3) is 11.4 Å². The minimum absolute atomic E-state index is 0.0389. The number of carbonyl (C=O) groups is 1. The summed E-state index contributed by atoms with van der Waals surface area (Å²) in [6.07, 6.45) is 0. The number of aromatic nitrogens is 2. The topological polar surface area (TPSA) is 68.5 Å². The molecule has 0 spiro atoms. The van der Waals surface area contributed by atoms with Gasteiger partial charge in [0.05, 0.1) is 10.7 Å². The van der Waals surface area contributed by atoms with Crippen molar-refractivity contribution in [3.63, 3.8) is 0 Å². The average Bonchev–Trinajstić information content (AvgIpc) is 3.08. The summed E-state index contributed by atoms with van der Waals surface area (Å²) in [7, 11) is 0. The molecule has 0 saturated heterocycles. The molecule has 0 N–H and O–H groups in total. The van der Waals surface area contributed by atoms with Crippen LogP contribution < -0.4 is 9.64 Å². The van der Waals surface area contributed by atoms with E-state index in [1.165, 1.54) is 23.1 Å². The fourth-order valence-corrected chi connectivity index (χ4v) is 2.90. The Morgan fingerprint density at radius 1 is 1.19 bits per heavy atom. The number of amides is 1. The summed E-state index contributed by atoms with van der Waals surface area (Å²) < 4.78 is 23.9. The second kappa shape index (κ2) is 6.59. The van der Waals surface area contributed by atoms with Gasteiger partial charge in [0.2, 0.25) is 11.7 Å². The Labute approximate surface area is 157 Å². The van der Waals surface area contributed by atoms with Gasteiger partial charge in [-0.25, -0.2) is 4.39 Å². The van der Waals surface area contributed by atoms with Crippen molar-refractivity contribution in [1.82, 2.24) is 10.1 Å². The van der Waals surface area contributed by atoms with Crippen LogP contribution in [0.2, 0.25) is 10.0 Å². The first kappa shape index (κ1) is 16.8. The zero-order valence-electron chi connectivity index (χ0n) is 13.1. The molecule has 0 radical (unpaired) electrons. The molecule has 0 bridgehead atoms. The van der Waals surface area contributed by atoms with Crippen molar-refractivity contribution in [3.8, 4) is 17.1 Å². The first-order valence-corrected chi connectivity index (χ1v) is 8.27. The molecule has 3 aromatic rings. The molecule has 6 nitrogen and oxygen atoms in total. The third kappa shape index (κ3) is 3.11. The van der Waals surface area contributed by atoms with Crippen molar-refractivity contribution in [1.29, 1.82) is 0 Å². The second-order valence-corrected chi connectivity index (χ2v) is 6.36. The molecule has 1 aromatic heterocycles. The van der Waals surface area contributed by atoms with Crippen LogP contribution in [0.15, 0.2) is 40.9 Å². The highest BCUT2D eigenvalue weighted by molar-refractivity contribution is 6.31. The summed E-state index contributed by atoms with van der Waals surface area (Å²) in [4.78, 5) is 18.0. The Morgan fingerprint density at radius 2 is 2.04 bits per heavy atom. The lowest BCUT2D eigenvalue weighted by Gasteiger charge is -2.28. The fraction of sp³-hybridized carbons (Fsp3) is 0.118. The molecular weight excluding hydrogens is 384 g/mol. The minimum atomic E-state index is -0.534. The van der Waals surface area contributed by atoms with Gasteiger partial charge in [0.1, 0.15) is 18.1 Å². The molecule has 132 valence electrons. The van der Waals surface area contributed by atoms with Gasteiger partial charge in [-0.15, -0.1) is 0 Å². The van der Waals surface area contributed by atoms with E-state index in [9.17, 15) is 9.18 Å². The number of rotatable bonds is 3. The molecule has 0 aliphatic carbocycles. The summed E-state index contributed by atoms with van der Waals surface area (Å²) in [5, 5.41) is 4.33. The van der Waals surface area contributed by atoms with Gasteiger partial charge in [-0.05, 0) is 30.3 Å². The van der Waals surface area contributed by atoms with Gasteiger partial charge in [0.25, 0.3) is 5.91 Å². The Hall–Kier alpha value is -2.64. The molecule has 0 fully saturated rings. The number of hydrogen-bond acceptors (Lipinski definition) is 5. The van der Waals surface area contributed by atoms with E-state index in [1.807, 2.05) is 0 Å². The minimum Gasteiger partial charge on any atom is -0.482 e. The number of anilines is 1. The van der Waals surface area contributed by atoms with Crippen molar-refractivity contribution < 1.29 is 18.4 Å². The van der Waals surface area contributed by atoms with Crippen LogP contribution in [0.4, 0.5) is 10.1 Å². The van der Waals surface area contributed by atoms with E-state index < -0.39 is 5.82 Å². The lowest BCUT2D eigenvalue weighted by Crippen LogP contribution is -2.38. The fourth-order valence-electron chi connectivity index (χ4n) is 2.56. The van der Waals surface area contributed by atoms with E-state index in [0.29, 0.717) is 22.0 Å². The van der Waals surface area contributed by atoms with Crippen molar-refractivity contribution in [2.75, 3.05) is 11.5 Å². The number of benzene rings is 2. The molecule has 2 heterocycles. The molecule has 1 amide bonds. The first-order valence-electron chi connectivity index (χ1n) is 7.52. The summed E-state index contributed by atoms with van der Waals surface area (Å²) in [5.41, 5.74) is 1.07. The van der Waals surface area contributed by atoms with Gasteiger partial charge in [0, 0.05) is 16.7 Å². The van der Waals surface area contributed by atoms with E-state index in [2.05, 4.69) is 10.1 Å². The molecule has 0 atom stereocenters. The molecule has 0 saturated carbocycles. The number of hydrogen-bond donors (Lipinski definition) is 0. The van der Waals surface area contributed by atoms with Crippen molar-refractivity contribution in [2.24, 2.45) is 0 Å². The monoisotopic (exact) mass is 393 g/mol. The highest BCUT2D eigenvalue weighted by atomic mass is 35.5. The lowest BCUT2D eigenvalue weighted by molar-refractivity contribution is -0.121. The maximum Gasteiger partial charge on any atom is 0.265 e. The summed E-state index contributed by atoms with van der Waals surface area (Å²) in [5.74, 6) is 0.190. The number of halogens is 3. The summed E-state index contributed by atoms with van der Waals surface area (Å²) in [6.45, 7) is -0.0410. The molecule has 0 unspecified atom stereocenters. The Kier molecular flexibility index (Phi) is 4.26. The highest BCUT2D eigenvalue weighted by Gasteiger charge is 2.27. The maximum atomic E-state index is 13.3. The number of carbonyl (C=O) groups excluding carboxylic acids is 1. The van der Waals surface area contributed by atoms with Crippen molar-refractivity contribution >= 4 is 34.8 Å². The Morgan fingerprint density at radius 3 is 2.85 bits per heavy atom. The molecule has 1 aliphatic heterocycles. The van der Waals surface area contributed by atoms with E-state index in [0.717, 1.165) is 0 Å². The van der Waals surface area contributed by atoms with Crippen LogP contribution in [0.3, 0.4) is 0 Å². The quantitative estimate of drug-likeness (QED) is 0.669. The second-order valence-electron chi connectivity index (χ2n) is 5.52. The number of ether oxygens (including phenoxy) is 1. The van der Waals surface area contributed by atoms with Gasteiger partial charge in [-0.2, -0.15) is 4.98 Å². The van der Waals surface area contributed by atoms with Gasteiger partial charge in [0.15, 0.2) is 6.61 Å². The normalized spacial score (nSPS) is 13.5. The van der Waals surface area contributed by atoms with Gasteiger partial charge < -0.3 is 9.26 Å². The lowest BCUT2D eigenvalue weighted by atomic mass is 10.2. The summed E-state index contributed by atoms with van der Waals surface area (Å²) >= 11 is 11.7. The van der Waals surface area contributed by atoms with Gasteiger partial charge >= 0.3 is 0 Å². The third-order valence-electron chi connectivity index (χ3n) is 3.80. The van der Waals surface area contributed by atoms with Crippen LogP contribution in [-0.2, 0) is 11.3 Å². The average molecular weight is 394 g/mol. The van der Waals surface area contributed by atoms with Crippen LogP contribution in [-0.4, -0.2) is 22.7 Å². The van der Waals surface area contributed by atoms with Crippen molar-refractivity contribution in [2.45, 2.75) is 6.54 Å². The van der Waals surface area contributed by atoms with E-state index in [-0.39, 0.29) is 35.8 Å². The highest BCUT2D eigenvalue weighted by Crippen LogP contribution is 2.35. The van der Waals surface area contributed by atoms with Crippen molar-refractivity contribution in [3.05, 3.63) is 58.2 Å². The first-order chi connectivity index (χ1) is 12.5. The van der Waals surface area contributed by atoms with E-state index in [4.69, 9.17) is 32.5 Å². The molecular formula is C17H10Cl2FN3O3. The van der Waals surface area contributed by atoms with E-state index in [1.54, 1.807) is 18.2 Å². The van der Waals surface area contributed by atoms with Gasteiger partial charge in [-0.1, -0.05) is 28.4 Å². The summed E-state index contributed by atoms with van der Waals surface area (Å²) in [6, 6.07) is 9.10. The number of fused-ring (bicyclic) bond motifs is 1. The smallest absolute Gasteiger partial charge is 0.265 e. The predicted octanol–water partition coefficient (Wildman–Crippen LogP) is 4.11. The standard InChI is InChI=1S/C17H10Cl2FN3O3/c18-10-2-4-13-14(6-10)25-8-16(24)23(13)7-15-21-17(22-26-15)9-1-3-12(20)11(19)5-9/h1-6H,7-8H2. The Bertz CT molecular complexity index is 1010. The maximum absolute atomic E-state index is 13.3. The Balaban J connectivity index is 1.61. The molecule has 26 heavy (non-hydrogen) atoms. The van der Waals surface area contributed by atoms with Crippen LogP contribution in [0.1, 0.15) is 5.89 Å². The molecule has 2 aromatic carbocycles. The number of nitrogens with zero attached hydrogens (tertiary/aromatic N) is 3. The molecule has 1 aliphatic rings. The van der Waals surface area contributed by atoms with Crippen LogP contribution in [0.5, 0.6) is 5.75 Å². The van der Waals surface area contributed by atoms with E-state index >= 15 is 0 Å². The van der Waals surface area contributed by atoms with Gasteiger partial charge in [-0.3, -0.25) is 9.69 Å². The third-order valence-corrected chi connectivity index (χ3v) is 4.33. The van der Waals surface area contributed by atoms with Crippen LogP contribution >= 0.6 is 23.2 Å². The SMILES string of the molecule is O=C1COc2cc(Cl)ccc2N1Cc1nc(-c2ccc(F)c(Cl)c2)no1. The molecule has 9 heteroatoms.